The fraction of sp³-hybridized carbons (Fsp3) is 0.217. The molecule has 0 aliphatic rings. The molecular weight excluding hydrogens is 365 g/mol. The van der Waals surface area contributed by atoms with Gasteiger partial charge >= 0.3 is 0 Å². The molecule has 0 saturated carbocycles. The van der Waals surface area contributed by atoms with Crippen molar-refractivity contribution in [3.63, 3.8) is 0 Å². The number of benzene rings is 2. The van der Waals surface area contributed by atoms with Gasteiger partial charge in [-0.15, -0.1) is 0 Å². The average Bonchev–Trinajstić information content (AvgIpc) is 3.36. The van der Waals surface area contributed by atoms with Crippen LogP contribution in [0.1, 0.15) is 35.3 Å². The molecule has 29 heavy (non-hydrogen) atoms. The van der Waals surface area contributed by atoms with E-state index in [9.17, 15) is 4.39 Å². The summed E-state index contributed by atoms with van der Waals surface area (Å²) in [7, 11) is 0. The number of aryl methyl sites for hydroxylation is 1. The monoisotopic (exact) mass is 389 g/mol. The zero-order chi connectivity index (χ0) is 20.4. The molecule has 0 spiro atoms. The molecule has 148 valence electrons. The van der Waals surface area contributed by atoms with Crippen molar-refractivity contribution < 1.29 is 4.39 Å². The Labute approximate surface area is 169 Å². The van der Waals surface area contributed by atoms with E-state index in [0.29, 0.717) is 6.54 Å². The Morgan fingerprint density at radius 1 is 1.07 bits per heavy atom. The first-order valence-electron chi connectivity index (χ1n) is 9.66. The van der Waals surface area contributed by atoms with E-state index in [1.807, 2.05) is 36.1 Å². The van der Waals surface area contributed by atoms with Crippen LogP contribution < -0.4 is 5.32 Å². The van der Waals surface area contributed by atoms with E-state index in [4.69, 9.17) is 0 Å². The van der Waals surface area contributed by atoms with Crippen LogP contribution in [0.4, 0.5) is 4.39 Å². The molecule has 0 aliphatic carbocycles. The van der Waals surface area contributed by atoms with Crippen molar-refractivity contribution in [1.29, 1.82) is 0 Å². The van der Waals surface area contributed by atoms with E-state index in [1.165, 1.54) is 23.3 Å². The van der Waals surface area contributed by atoms with E-state index < -0.39 is 0 Å². The van der Waals surface area contributed by atoms with Gasteiger partial charge in [0.05, 0.1) is 17.6 Å². The summed E-state index contributed by atoms with van der Waals surface area (Å²) in [5, 5.41) is 12.4. The lowest BCUT2D eigenvalue weighted by atomic mass is 10.1. The van der Waals surface area contributed by atoms with Gasteiger partial charge < -0.3 is 5.32 Å². The lowest BCUT2D eigenvalue weighted by Gasteiger charge is -2.17. The van der Waals surface area contributed by atoms with Crippen molar-refractivity contribution >= 4 is 0 Å². The van der Waals surface area contributed by atoms with Crippen LogP contribution in [-0.4, -0.2) is 19.6 Å². The molecule has 0 saturated heterocycles. The van der Waals surface area contributed by atoms with Crippen molar-refractivity contribution in [2.24, 2.45) is 0 Å². The van der Waals surface area contributed by atoms with Crippen LogP contribution in [0.3, 0.4) is 0 Å². The second-order valence-corrected chi connectivity index (χ2v) is 7.26. The van der Waals surface area contributed by atoms with Gasteiger partial charge in [-0.3, -0.25) is 0 Å². The third-order valence-electron chi connectivity index (χ3n) is 5.15. The lowest BCUT2D eigenvalue weighted by molar-refractivity contribution is 0.569. The summed E-state index contributed by atoms with van der Waals surface area (Å²) in [6.45, 7) is 6.91. The van der Waals surface area contributed by atoms with E-state index in [1.54, 1.807) is 16.9 Å². The number of hydrogen-bond donors (Lipinski definition) is 1. The first-order valence-corrected chi connectivity index (χ1v) is 9.66. The minimum Gasteiger partial charge on any atom is -0.306 e. The van der Waals surface area contributed by atoms with E-state index in [2.05, 4.69) is 47.6 Å². The van der Waals surface area contributed by atoms with Gasteiger partial charge in [0.1, 0.15) is 5.82 Å². The van der Waals surface area contributed by atoms with Crippen LogP contribution in [0.2, 0.25) is 0 Å². The first kappa shape index (κ1) is 19.1. The quantitative estimate of drug-likeness (QED) is 0.522. The van der Waals surface area contributed by atoms with Crippen molar-refractivity contribution in [3.8, 4) is 11.4 Å². The summed E-state index contributed by atoms with van der Waals surface area (Å²) >= 11 is 0. The van der Waals surface area contributed by atoms with Crippen LogP contribution in [0.5, 0.6) is 0 Å². The Bertz CT molecular complexity index is 1110. The maximum Gasteiger partial charge on any atom is 0.125 e. The van der Waals surface area contributed by atoms with Crippen LogP contribution in [0.25, 0.3) is 11.4 Å². The molecule has 5 nitrogen and oxygen atoms in total. The van der Waals surface area contributed by atoms with E-state index >= 15 is 0 Å². The number of halogens is 1. The van der Waals surface area contributed by atoms with Crippen molar-refractivity contribution in [2.45, 2.75) is 33.4 Å². The van der Waals surface area contributed by atoms with Gasteiger partial charge in [-0.05, 0) is 56.7 Å². The number of hydrogen-bond acceptors (Lipinski definition) is 3. The van der Waals surface area contributed by atoms with Crippen molar-refractivity contribution in [2.75, 3.05) is 0 Å². The maximum atomic E-state index is 13.6. The third kappa shape index (κ3) is 3.98. The van der Waals surface area contributed by atoms with Gasteiger partial charge in [-0.1, -0.05) is 23.8 Å². The fourth-order valence-electron chi connectivity index (χ4n) is 3.58. The molecular formula is C23H24FN5. The van der Waals surface area contributed by atoms with Gasteiger partial charge in [0, 0.05) is 36.2 Å². The molecule has 0 amide bonds. The molecule has 2 heterocycles. The summed E-state index contributed by atoms with van der Waals surface area (Å²) in [5.74, 6) is -0.268. The Morgan fingerprint density at radius 3 is 2.69 bits per heavy atom. The lowest BCUT2D eigenvalue weighted by Crippen LogP contribution is -2.20. The molecule has 2 aromatic heterocycles. The summed E-state index contributed by atoms with van der Waals surface area (Å²) in [6, 6.07) is 14.9. The van der Waals surface area contributed by atoms with Gasteiger partial charge in [-0.25, -0.2) is 13.8 Å². The topological polar surface area (TPSA) is 47.7 Å². The Kier molecular flexibility index (Phi) is 5.27. The molecule has 1 N–H and O–H groups in total. The average molecular weight is 389 g/mol. The van der Waals surface area contributed by atoms with E-state index in [-0.39, 0.29) is 11.9 Å². The Morgan fingerprint density at radius 2 is 1.93 bits per heavy atom. The highest BCUT2D eigenvalue weighted by Gasteiger charge is 2.15. The highest BCUT2D eigenvalue weighted by Crippen LogP contribution is 2.22. The normalized spacial score (nSPS) is 12.3. The summed E-state index contributed by atoms with van der Waals surface area (Å²) in [5.41, 5.74) is 6.25. The zero-order valence-electron chi connectivity index (χ0n) is 16.8. The van der Waals surface area contributed by atoms with Crippen molar-refractivity contribution in [3.05, 3.63) is 95.3 Å². The largest absolute Gasteiger partial charge is 0.306 e. The summed E-state index contributed by atoms with van der Waals surface area (Å²) < 4.78 is 17.2. The van der Waals surface area contributed by atoms with Gasteiger partial charge in [-0.2, -0.15) is 10.2 Å². The van der Waals surface area contributed by atoms with Crippen LogP contribution >= 0.6 is 0 Å². The second-order valence-electron chi connectivity index (χ2n) is 7.26. The standard InChI is InChI=1S/C23H24FN5/c1-16-8-9-23(28-11-5-10-26-28)19(12-16)14-25-17(2)22-15-27-29(18(22)3)21-7-4-6-20(24)13-21/h4-13,15,17,25H,14H2,1-3H3/t17-/m0/s1. The number of nitrogens with one attached hydrogen (secondary N) is 1. The fourth-order valence-corrected chi connectivity index (χ4v) is 3.58. The van der Waals surface area contributed by atoms with Gasteiger partial charge in [0.25, 0.3) is 0 Å². The number of nitrogens with zero attached hydrogens (tertiary/aromatic N) is 4. The predicted octanol–water partition coefficient (Wildman–Crippen LogP) is 4.66. The first-order chi connectivity index (χ1) is 14.0. The molecule has 2 aromatic carbocycles. The van der Waals surface area contributed by atoms with Crippen LogP contribution in [-0.2, 0) is 6.54 Å². The molecule has 0 radical (unpaired) electrons. The highest BCUT2D eigenvalue weighted by molar-refractivity contribution is 5.43. The highest BCUT2D eigenvalue weighted by atomic mass is 19.1. The number of aromatic nitrogens is 4. The molecule has 0 unspecified atom stereocenters. The second kappa shape index (κ2) is 8.01. The van der Waals surface area contributed by atoms with Crippen LogP contribution in [0.15, 0.2) is 67.1 Å². The van der Waals surface area contributed by atoms with Gasteiger partial charge in [0.15, 0.2) is 0 Å². The third-order valence-corrected chi connectivity index (χ3v) is 5.15. The summed E-state index contributed by atoms with van der Waals surface area (Å²) in [4.78, 5) is 0. The summed E-state index contributed by atoms with van der Waals surface area (Å²) in [6.07, 6.45) is 5.58. The molecule has 0 fully saturated rings. The SMILES string of the molecule is Cc1ccc(-n2cccn2)c(CN[C@@H](C)c2cnn(-c3cccc(F)c3)c2C)c1. The minimum absolute atomic E-state index is 0.0864. The van der Waals surface area contributed by atoms with Crippen LogP contribution in [0, 0.1) is 19.7 Å². The molecule has 0 aliphatic heterocycles. The Hall–Kier alpha value is -3.25. The maximum absolute atomic E-state index is 13.6. The molecule has 4 rings (SSSR count). The molecule has 4 aromatic rings. The molecule has 6 heteroatoms. The Balaban J connectivity index is 1.54. The van der Waals surface area contributed by atoms with Crippen molar-refractivity contribution in [1.82, 2.24) is 24.9 Å². The minimum atomic E-state index is -0.268. The zero-order valence-corrected chi connectivity index (χ0v) is 16.8. The van der Waals surface area contributed by atoms with Gasteiger partial charge in [0.2, 0.25) is 0 Å². The molecule has 0 bridgehead atoms. The molecule has 1 atom stereocenters. The predicted molar refractivity (Wildman–Crippen MR) is 112 cm³/mol. The number of rotatable bonds is 6. The smallest absolute Gasteiger partial charge is 0.125 e. The van der Waals surface area contributed by atoms with E-state index in [0.717, 1.165) is 22.6 Å².